The Morgan fingerprint density at radius 3 is 2.44 bits per heavy atom. The predicted octanol–water partition coefficient (Wildman–Crippen LogP) is 8.46. The van der Waals surface area contributed by atoms with E-state index in [4.69, 9.17) is 4.74 Å². The van der Waals surface area contributed by atoms with E-state index in [-0.39, 0.29) is 17.5 Å². The minimum absolute atomic E-state index is 0.00376. The van der Waals surface area contributed by atoms with Crippen LogP contribution in [0.25, 0.3) is 0 Å². The van der Waals surface area contributed by atoms with Gasteiger partial charge in [0.2, 0.25) is 0 Å². The SMILES string of the molecule is C=C(C)C(=O)O[C@H]1CC[C@@]2(C)C(=CC=C3[C@@H]4CC[C@H]([C@H](C)C=C[C@H](C)C(C)C)[C@@]4(C)CC[C@@H]32)C1. The topological polar surface area (TPSA) is 26.3 Å². The van der Waals surface area contributed by atoms with Gasteiger partial charge in [-0.3, -0.25) is 0 Å². The van der Waals surface area contributed by atoms with Gasteiger partial charge in [-0.2, -0.15) is 0 Å². The van der Waals surface area contributed by atoms with Crippen LogP contribution in [0.4, 0.5) is 0 Å². The summed E-state index contributed by atoms with van der Waals surface area (Å²) < 4.78 is 5.76. The molecule has 0 saturated heterocycles. The first-order chi connectivity index (χ1) is 16.0. The second-order valence-corrected chi connectivity index (χ2v) is 13.0. The molecule has 0 aliphatic heterocycles. The van der Waals surface area contributed by atoms with Gasteiger partial charge in [0, 0.05) is 12.0 Å². The van der Waals surface area contributed by atoms with Gasteiger partial charge in [0.05, 0.1) is 0 Å². The fourth-order valence-corrected chi connectivity index (χ4v) is 7.93. The summed E-state index contributed by atoms with van der Waals surface area (Å²) >= 11 is 0. The molecule has 2 heteroatoms. The van der Waals surface area contributed by atoms with Crippen LogP contribution in [0.2, 0.25) is 0 Å². The number of ether oxygens (including phenoxy) is 1. The van der Waals surface area contributed by atoms with E-state index in [1.165, 1.54) is 31.3 Å². The van der Waals surface area contributed by atoms with Gasteiger partial charge in [-0.25, -0.2) is 4.79 Å². The number of carbonyl (C=O) groups is 1. The van der Waals surface area contributed by atoms with Crippen molar-refractivity contribution in [3.05, 3.63) is 47.6 Å². The van der Waals surface area contributed by atoms with Crippen LogP contribution in [0.15, 0.2) is 47.6 Å². The molecule has 0 aromatic rings. The maximum absolute atomic E-state index is 12.1. The van der Waals surface area contributed by atoms with Gasteiger partial charge in [0.15, 0.2) is 0 Å². The number of allylic oxidation sites excluding steroid dienone is 5. The average Bonchev–Trinajstić information content (AvgIpc) is 3.14. The van der Waals surface area contributed by atoms with Gasteiger partial charge in [0.25, 0.3) is 0 Å². The van der Waals surface area contributed by atoms with E-state index in [0.717, 1.165) is 31.1 Å². The van der Waals surface area contributed by atoms with Crippen molar-refractivity contribution in [2.75, 3.05) is 0 Å². The Labute approximate surface area is 209 Å². The van der Waals surface area contributed by atoms with Crippen molar-refractivity contribution >= 4 is 5.97 Å². The van der Waals surface area contributed by atoms with Gasteiger partial charge in [0.1, 0.15) is 6.10 Å². The lowest BCUT2D eigenvalue weighted by Crippen LogP contribution is -2.46. The first-order valence-corrected chi connectivity index (χ1v) is 13.9. The predicted molar refractivity (Wildman–Crippen MR) is 142 cm³/mol. The highest BCUT2D eigenvalue weighted by Gasteiger charge is 2.57. The Hall–Kier alpha value is -1.57. The molecule has 0 aromatic heterocycles. The Balaban J connectivity index is 1.52. The van der Waals surface area contributed by atoms with Crippen LogP contribution >= 0.6 is 0 Å². The van der Waals surface area contributed by atoms with E-state index in [1.807, 2.05) is 0 Å². The normalized spacial score (nSPS) is 38.9. The summed E-state index contributed by atoms with van der Waals surface area (Å²) in [5.41, 5.74) is 4.39. The summed E-state index contributed by atoms with van der Waals surface area (Å²) in [6, 6.07) is 0. The van der Waals surface area contributed by atoms with E-state index >= 15 is 0 Å². The van der Waals surface area contributed by atoms with E-state index in [2.05, 4.69) is 72.4 Å². The summed E-state index contributed by atoms with van der Waals surface area (Å²) in [6.45, 7) is 20.1. The summed E-state index contributed by atoms with van der Waals surface area (Å²) in [5, 5.41) is 0. The summed E-state index contributed by atoms with van der Waals surface area (Å²) in [6.07, 6.45) is 18.3. The highest BCUT2D eigenvalue weighted by Crippen LogP contribution is 2.66. The lowest BCUT2D eigenvalue weighted by atomic mass is 9.50. The second kappa shape index (κ2) is 9.47. The van der Waals surface area contributed by atoms with E-state index in [0.29, 0.717) is 34.7 Å². The van der Waals surface area contributed by atoms with E-state index in [1.54, 1.807) is 12.5 Å². The number of esters is 1. The third-order valence-corrected chi connectivity index (χ3v) is 10.6. The molecule has 2 nitrogen and oxygen atoms in total. The van der Waals surface area contributed by atoms with Crippen molar-refractivity contribution < 1.29 is 9.53 Å². The van der Waals surface area contributed by atoms with Crippen LogP contribution in [0.5, 0.6) is 0 Å². The number of fused-ring (bicyclic) bond motifs is 5. The molecule has 4 rings (SSSR count). The minimum Gasteiger partial charge on any atom is -0.459 e. The van der Waals surface area contributed by atoms with Gasteiger partial charge < -0.3 is 4.74 Å². The van der Waals surface area contributed by atoms with Crippen LogP contribution < -0.4 is 0 Å². The summed E-state index contributed by atoms with van der Waals surface area (Å²) in [5.74, 6) is 3.94. The molecule has 3 fully saturated rings. The van der Waals surface area contributed by atoms with Crippen molar-refractivity contribution in [3.63, 3.8) is 0 Å². The quantitative estimate of drug-likeness (QED) is 0.224. The molecule has 0 radical (unpaired) electrons. The number of hydrogen-bond donors (Lipinski definition) is 0. The largest absolute Gasteiger partial charge is 0.459 e. The van der Waals surface area contributed by atoms with Crippen LogP contribution in [0.3, 0.4) is 0 Å². The Morgan fingerprint density at radius 2 is 1.76 bits per heavy atom. The standard InChI is InChI=1S/C32H48O2/c1-20(2)22(5)9-10-23(6)27-13-14-28-26-12-11-24-19-25(34-30(33)21(3)4)15-17-31(24,7)29(26)16-18-32(27,28)8/h9-12,20,22-23,25,27-29H,3,13-19H2,1-2,4-8H3/t22-,23+,25-,27+,28-,29-,31-,32+/m0/s1. The molecular formula is C32H48O2. The Morgan fingerprint density at radius 1 is 1.03 bits per heavy atom. The van der Waals surface area contributed by atoms with Crippen LogP contribution in [-0.2, 0) is 9.53 Å². The molecule has 188 valence electrons. The van der Waals surface area contributed by atoms with Crippen LogP contribution in [0.1, 0.15) is 93.4 Å². The molecule has 4 aliphatic rings. The van der Waals surface area contributed by atoms with Gasteiger partial charge in [-0.1, -0.05) is 83.6 Å². The maximum Gasteiger partial charge on any atom is 0.333 e. The average molecular weight is 465 g/mol. The molecule has 34 heavy (non-hydrogen) atoms. The zero-order valence-electron chi connectivity index (χ0n) is 22.8. The van der Waals surface area contributed by atoms with Crippen molar-refractivity contribution in [2.24, 2.45) is 46.3 Å². The van der Waals surface area contributed by atoms with Gasteiger partial charge >= 0.3 is 5.97 Å². The smallest absolute Gasteiger partial charge is 0.333 e. The third-order valence-electron chi connectivity index (χ3n) is 10.6. The highest BCUT2D eigenvalue weighted by atomic mass is 16.5. The monoisotopic (exact) mass is 464 g/mol. The molecule has 0 N–H and O–H groups in total. The van der Waals surface area contributed by atoms with Crippen LogP contribution in [0, 0.1) is 46.3 Å². The maximum atomic E-state index is 12.1. The number of rotatable bonds is 6. The molecule has 0 amide bonds. The molecule has 4 aliphatic carbocycles. The lowest BCUT2D eigenvalue weighted by molar-refractivity contribution is -0.145. The van der Waals surface area contributed by atoms with Crippen molar-refractivity contribution in [1.29, 1.82) is 0 Å². The lowest BCUT2D eigenvalue weighted by Gasteiger charge is -2.55. The van der Waals surface area contributed by atoms with Crippen molar-refractivity contribution in [1.82, 2.24) is 0 Å². The summed E-state index contributed by atoms with van der Waals surface area (Å²) in [4.78, 5) is 12.1. The molecule has 8 atom stereocenters. The molecule has 0 unspecified atom stereocenters. The first-order valence-electron chi connectivity index (χ1n) is 13.9. The van der Waals surface area contributed by atoms with E-state index in [9.17, 15) is 4.79 Å². The molecule has 0 aromatic carbocycles. The van der Waals surface area contributed by atoms with Gasteiger partial charge in [-0.15, -0.1) is 0 Å². The second-order valence-electron chi connectivity index (χ2n) is 13.0. The van der Waals surface area contributed by atoms with E-state index < -0.39 is 0 Å². The molecule has 3 saturated carbocycles. The fourth-order valence-electron chi connectivity index (χ4n) is 7.93. The summed E-state index contributed by atoms with van der Waals surface area (Å²) in [7, 11) is 0. The molecular weight excluding hydrogens is 416 g/mol. The van der Waals surface area contributed by atoms with Gasteiger partial charge in [-0.05, 0) is 91.8 Å². The Kier molecular flexibility index (Phi) is 7.11. The van der Waals surface area contributed by atoms with Crippen molar-refractivity contribution in [2.45, 2.75) is 99.5 Å². The Bertz CT molecular complexity index is 904. The first kappa shape index (κ1) is 25.5. The fraction of sp³-hybridized carbons (Fsp3) is 0.719. The molecule has 0 bridgehead atoms. The third kappa shape index (κ3) is 4.40. The highest BCUT2D eigenvalue weighted by molar-refractivity contribution is 5.87. The number of hydrogen-bond acceptors (Lipinski definition) is 2. The zero-order chi connectivity index (χ0) is 24.8. The van der Waals surface area contributed by atoms with Crippen LogP contribution in [-0.4, -0.2) is 12.1 Å². The van der Waals surface area contributed by atoms with Crippen molar-refractivity contribution in [3.8, 4) is 0 Å². The zero-order valence-corrected chi connectivity index (χ0v) is 22.8. The molecule has 0 heterocycles. The number of carbonyl (C=O) groups excluding carboxylic acids is 1. The minimum atomic E-state index is -0.238. The molecule has 0 spiro atoms.